The maximum Gasteiger partial charge on any atom is 0.328 e. The van der Waals surface area contributed by atoms with Crippen LogP contribution in [0.15, 0.2) is 60.8 Å². The quantitative estimate of drug-likeness (QED) is 0.175. The van der Waals surface area contributed by atoms with Crippen LogP contribution in [0.2, 0.25) is 0 Å². The van der Waals surface area contributed by atoms with Crippen LogP contribution in [0.3, 0.4) is 0 Å². The average Bonchev–Trinajstić information content (AvgIpc) is 3.28. The molecule has 0 aliphatic rings. The number of aliphatic carboxylic acids is 1. The van der Waals surface area contributed by atoms with Crippen LogP contribution >= 0.6 is 0 Å². The normalized spacial score (nSPS) is 13.4. The van der Waals surface area contributed by atoms with Gasteiger partial charge in [0.05, 0.1) is 19.2 Å². The molecule has 0 aliphatic carbocycles. The van der Waals surface area contributed by atoms with Crippen LogP contribution in [0.5, 0.6) is 0 Å². The van der Waals surface area contributed by atoms with Crippen molar-refractivity contribution in [3.05, 3.63) is 71.9 Å². The minimum absolute atomic E-state index is 0.0736. The summed E-state index contributed by atoms with van der Waals surface area (Å²) < 4.78 is 0. The number of carboxylic acid groups (broad SMARTS) is 1. The minimum Gasteiger partial charge on any atom is -0.480 e. The SMILES string of the molecule is NC(Cc1c[nH]c2ccccc12)C(=O)NCC(=O)NC(Cc1ccccc1)C(=O)NC(CO)C(=O)O. The van der Waals surface area contributed by atoms with E-state index in [1.807, 2.05) is 24.3 Å². The Morgan fingerprint density at radius 2 is 1.58 bits per heavy atom. The number of hydrogen-bond donors (Lipinski definition) is 7. The summed E-state index contributed by atoms with van der Waals surface area (Å²) in [6.45, 7) is -1.24. The fourth-order valence-electron chi connectivity index (χ4n) is 3.69. The molecule has 3 aromatic rings. The molecular weight excluding hydrogens is 466 g/mol. The van der Waals surface area contributed by atoms with Crippen LogP contribution < -0.4 is 21.7 Å². The number of fused-ring (bicyclic) bond motifs is 1. The first kappa shape index (κ1) is 26.4. The number of carboxylic acids is 1. The predicted molar refractivity (Wildman–Crippen MR) is 132 cm³/mol. The molecule has 0 saturated heterocycles. The van der Waals surface area contributed by atoms with Crippen LogP contribution in [-0.4, -0.2) is 70.2 Å². The molecule has 2 aromatic carbocycles. The third-order valence-corrected chi connectivity index (χ3v) is 5.61. The maximum absolute atomic E-state index is 12.7. The summed E-state index contributed by atoms with van der Waals surface area (Å²) in [5, 5.41) is 26.4. The molecule has 3 atom stereocenters. The summed E-state index contributed by atoms with van der Waals surface area (Å²) in [6.07, 6.45) is 2.12. The van der Waals surface area contributed by atoms with Crippen molar-refractivity contribution in [2.24, 2.45) is 5.73 Å². The zero-order valence-electron chi connectivity index (χ0n) is 19.4. The highest BCUT2D eigenvalue weighted by atomic mass is 16.4. The van der Waals surface area contributed by atoms with E-state index in [9.17, 15) is 24.3 Å². The first-order valence-electron chi connectivity index (χ1n) is 11.3. The Bertz CT molecular complexity index is 1210. The van der Waals surface area contributed by atoms with E-state index in [1.54, 1.807) is 36.5 Å². The number of nitrogens with two attached hydrogens (primary N) is 1. The summed E-state index contributed by atoms with van der Waals surface area (Å²) in [5.41, 5.74) is 8.55. The second-order valence-corrected chi connectivity index (χ2v) is 8.28. The Hall–Kier alpha value is -4.22. The van der Waals surface area contributed by atoms with E-state index in [4.69, 9.17) is 10.8 Å². The first-order chi connectivity index (χ1) is 17.3. The summed E-state index contributed by atoms with van der Waals surface area (Å²) in [7, 11) is 0. The van der Waals surface area contributed by atoms with E-state index in [0.717, 1.165) is 22.0 Å². The van der Waals surface area contributed by atoms with Gasteiger partial charge in [-0.05, 0) is 23.6 Å². The van der Waals surface area contributed by atoms with Gasteiger partial charge in [0.1, 0.15) is 12.1 Å². The zero-order chi connectivity index (χ0) is 26.1. The first-order valence-corrected chi connectivity index (χ1v) is 11.3. The lowest BCUT2D eigenvalue weighted by Gasteiger charge is -2.21. The topological polar surface area (TPSA) is 187 Å². The fraction of sp³-hybridized carbons (Fsp3) is 0.280. The molecule has 3 rings (SSSR count). The average molecular weight is 496 g/mol. The Kier molecular flexibility index (Phi) is 9.14. The molecule has 1 heterocycles. The number of rotatable bonds is 12. The van der Waals surface area contributed by atoms with E-state index in [2.05, 4.69) is 20.9 Å². The van der Waals surface area contributed by atoms with Crippen molar-refractivity contribution in [3.63, 3.8) is 0 Å². The highest BCUT2D eigenvalue weighted by Crippen LogP contribution is 2.18. The molecule has 36 heavy (non-hydrogen) atoms. The number of carbonyl (C=O) groups excluding carboxylic acids is 3. The monoisotopic (exact) mass is 495 g/mol. The molecule has 3 unspecified atom stereocenters. The minimum atomic E-state index is -1.52. The third kappa shape index (κ3) is 7.14. The lowest BCUT2D eigenvalue weighted by Crippen LogP contribution is -2.55. The molecule has 0 aliphatic heterocycles. The number of H-pyrrole nitrogens is 1. The Balaban J connectivity index is 1.58. The van der Waals surface area contributed by atoms with Crippen molar-refractivity contribution < 1.29 is 29.4 Å². The standard InChI is InChI=1S/C25H29N5O6/c26-18(11-16-12-27-19-9-5-4-8-17(16)19)23(33)28-13-22(32)29-20(10-15-6-2-1-3-7-15)24(34)30-21(14-31)25(35)36/h1-9,12,18,20-21,27,31H,10-11,13-14,26H2,(H,28,33)(H,29,32)(H,30,34)(H,35,36). The number of benzene rings is 2. The molecule has 1 aromatic heterocycles. The molecule has 190 valence electrons. The zero-order valence-corrected chi connectivity index (χ0v) is 19.4. The van der Waals surface area contributed by atoms with Crippen LogP contribution in [0.1, 0.15) is 11.1 Å². The van der Waals surface area contributed by atoms with Gasteiger partial charge in [-0.25, -0.2) is 4.79 Å². The van der Waals surface area contributed by atoms with Gasteiger partial charge >= 0.3 is 5.97 Å². The van der Waals surface area contributed by atoms with Gasteiger partial charge in [0, 0.05) is 23.5 Å². The van der Waals surface area contributed by atoms with E-state index in [1.165, 1.54) is 0 Å². The number of aliphatic hydroxyl groups excluding tert-OH is 1. The molecular formula is C25H29N5O6. The molecule has 0 fully saturated rings. The molecule has 3 amide bonds. The number of aromatic nitrogens is 1. The van der Waals surface area contributed by atoms with E-state index in [-0.39, 0.29) is 12.8 Å². The smallest absolute Gasteiger partial charge is 0.328 e. The van der Waals surface area contributed by atoms with Gasteiger partial charge in [0.25, 0.3) is 0 Å². The molecule has 0 saturated carbocycles. The third-order valence-electron chi connectivity index (χ3n) is 5.61. The van der Waals surface area contributed by atoms with Crippen molar-refractivity contribution in [2.75, 3.05) is 13.2 Å². The maximum atomic E-state index is 12.7. The van der Waals surface area contributed by atoms with Crippen LogP contribution in [0, 0.1) is 0 Å². The second-order valence-electron chi connectivity index (χ2n) is 8.28. The molecule has 8 N–H and O–H groups in total. The largest absolute Gasteiger partial charge is 0.480 e. The molecule has 11 heteroatoms. The van der Waals surface area contributed by atoms with E-state index >= 15 is 0 Å². The number of para-hydroxylation sites is 1. The molecule has 0 spiro atoms. The van der Waals surface area contributed by atoms with E-state index in [0.29, 0.717) is 0 Å². The summed E-state index contributed by atoms with van der Waals surface area (Å²) >= 11 is 0. The van der Waals surface area contributed by atoms with Gasteiger partial charge in [-0.1, -0.05) is 48.5 Å². The number of amides is 3. The van der Waals surface area contributed by atoms with Gasteiger partial charge in [-0.15, -0.1) is 0 Å². The van der Waals surface area contributed by atoms with Gasteiger partial charge in [0.2, 0.25) is 17.7 Å². The number of hydrogen-bond acceptors (Lipinski definition) is 6. The Labute approximate surface area is 207 Å². The van der Waals surface area contributed by atoms with Crippen LogP contribution in [0.25, 0.3) is 10.9 Å². The van der Waals surface area contributed by atoms with Gasteiger partial charge in [0.15, 0.2) is 0 Å². The van der Waals surface area contributed by atoms with Crippen molar-refractivity contribution in [1.82, 2.24) is 20.9 Å². The van der Waals surface area contributed by atoms with Crippen molar-refractivity contribution in [3.8, 4) is 0 Å². The van der Waals surface area contributed by atoms with Gasteiger partial charge < -0.3 is 36.9 Å². The Morgan fingerprint density at radius 3 is 2.28 bits per heavy atom. The molecule has 0 radical (unpaired) electrons. The summed E-state index contributed by atoms with van der Waals surface area (Å²) in [4.78, 5) is 52.0. The number of carbonyl (C=O) groups is 4. The van der Waals surface area contributed by atoms with Crippen LogP contribution in [-0.2, 0) is 32.0 Å². The molecule has 0 bridgehead atoms. The highest BCUT2D eigenvalue weighted by Gasteiger charge is 2.27. The summed E-state index contributed by atoms with van der Waals surface area (Å²) in [6, 6.07) is 12.9. The lowest BCUT2D eigenvalue weighted by molar-refractivity contribution is -0.143. The van der Waals surface area contributed by atoms with Crippen molar-refractivity contribution in [1.29, 1.82) is 0 Å². The predicted octanol–water partition coefficient (Wildman–Crippen LogP) is -0.557. The number of aliphatic hydroxyl groups is 1. The second kappa shape index (κ2) is 12.5. The Morgan fingerprint density at radius 1 is 0.889 bits per heavy atom. The number of aromatic amines is 1. The highest BCUT2D eigenvalue weighted by molar-refractivity contribution is 5.93. The summed E-state index contributed by atoms with van der Waals surface area (Å²) in [5.74, 6) is -3.39. The lowest BCUT2D eigenvalue weighted by atomic mass is 10.0. The molecule has 11 nitrogen and oxygen atoms in total. The van der Waals surface area contributed by atoms with Crippen molar-refractivity contribution in [2.45, 2.75) is 31.0 Å². The van der Waals surface area contributed by atoms with Gasteiger partial charge in [-0.3, -0.25) is 14.4 Å². The van der Waals surface area contributed by atoms with E-state index < -0.39 is 55.0 Å². The van der Waals surface area contributed by atoms with Gasteiger partial charge in [-0.2, -0.15) is 0 Å². The van der Waals surface area contributed by atoms with Crippen molar-refractivity contribution >= 4 is 34.6 Å². The van der Waals surface area contributed by atoms with Crippen LogP contribution in [0.4, 0.5) is 0 Å². The number of nitrogens with one attached hydrogen (secondary N) is 4. The fourth-order valence-corrected chi connectivity index (χ4v) is 3.69.